The highest BCUT2D eigenvalue weighted by atomic mass is 16.6. The van der Waals surface area contributed by atoms with Crippen molar-refractivity contribution in [2.75, 3.05) is 0 Å². The molecule has 0 aliphatic heterocycles. The maximum Gasteiger partial charge on any atom is 0.359 e. The van der Waals surface area contributed by atoms with Crippen molar-refractivity contribution in [3.05, 3.63) is 71.4 Å². The number of nitrogens with zero attached hydrogens (tertiary/aromatic N) is 4. The Morgan fingerprint density at radius 3 is 2.52 bits per heavy atom. The van der Waals surface area contributed by atoms with Crippen LogP contribution in [0.25, 0.3) is 0 Å². The molecule has 2 heterocycles. The zero-order valence-corrected chi connectivity index (χ0v) is 12.6. The van der Waals surface area contributed by atoms with Crippen LogP contribution in [0, 0.1) is 13.8 Å². The molecule has 3 aromatic rings. The normalized spacial score (nSPS) is 11.9. The molecule has 7 nitrogen and oxygen atoms in total. The first-order chi connectivity index (χ1) is 11.1. The van der Waals surface area contributed by atoms with Gasteiger partial charge in [0.15, 0.2) is 11.5 Å². The highest BCUT2D eigenvalue weighted by Crippen LogP contribution is 2.25. The van der Waals surface area contributed by atoms with Crippen LogP contribution in [0.3, 0.4) is 0 Å². The number of rotatable bonds is 4. The number of benzene rings is 1. The summed E-state index contributed by atoms with van der Waals surface area (Å²) >= 11 is 0. The minimum absolute atomic E-state index is 0.118. The average molecular weight is 310 g/mol. The third-order valence-corrected chi connectivity index (χ3v) is 3.08. The molecule has 23 heavy (non-hydrogen) atoms. The SMILES string of the molecule is Cc1cnc(C(=O)O[C@@H](c2ccccc2)c2nc(C)no2)cn1. The Labute approximate surface area is 132 Å². The second-order valence-electron chi connectivity index (χ2n) is 4.92. The molecule has 0 aliphatic rings. The van der Waals surface area contributed by atoms with E-state index in [1.165, 1.54) is 12.4 Å². The zero-order chi connectivity index (χ0) is 16.2. The maximum absolute atomic E-state index is 12.3. The summed E-state index contributed by atoms with van der Waals surface area (Å²) in [5.74, 6) is 0.0661. The minimum Gasteiger partial charge on any atom is -0.442 e. The van der Waals surface area contributed by atoms with Crippen molar-refractivity contribution >= 4 is 5.97 Å². The quantitative estimate of drug-likeness (QED) is 0.683. The molecule has 3 rings (SSSR count). The highest BCUT2D eigenvalue weighted by molar-refractivity contribution is 5.87. The van der Waals surface area contributed by atoms with E-state index >= 15 is 0 Å². The second-order valence-corrected chi connectivity index (χ2v) is 4.92. The lowest BCUT2D eigenvalue weighted by Crippen LogP contribution is -2.15. The smallest absolute Gasteiger partial charge is 0.359 e. The van der Waals surface area contributed by atoms with Gasteiger partial charge in [0.2, 0.25) is 6.10 Å². The van der Waals surface area contributed by atoms with Crippen LogP contribution in [-0.2, 0) is 4.74 Å². The summed E-state index contributed by atoms with van der Waals surface area (Å²) < 4.78 is 10.7. The highest BCUT2D eigenvalue weighted by Gasteiger charge is 2.26. The van der Waals surface area contributed by atoms with Gasteiger partial charge >= 0.3 is 5.97 Å². The Kier molecular flexibility index (Phi) is 4.09. The van der Waals surface area contributed by atoms with E-state index in [2.05, 4.69) is 20.1 Å². The lowest BCUT2D eigenvalue weighted by molar-refractivity contribution is 0.0307. The van der Waals surface area contributed by atoms with Gasteiger partial charge in [0.1, 0.15) is 0 Å². The van der Waals surface area contributed by atoms with E-state index < -0.39 is 12.1 Å². The monoisotopic (exact) mass is 310 g/mol. The van der Waals surface area contributed by atoms with Gasteiger partial charge in [-0.25, -0.2) is 9.78 Å². The third kappa shape index (κ3) is 3.39. The topological polar surface area (TPSA) is 91.0 Å². The molecule has 1 atom stereocenters. The molecule has 0 saturated heterocycles. The summed E-state index contributed by atoms with van der Waals surface area (Å²) in [5, 5.41) is 3.75. The largest absolute Gasteiger partial charge is 0.442 e. The van der Waals surface area contributed by atoms with Crippen LogP contribution in [0.4, 0.5) is 0 Å². The molecule has 0 amide bonds. The number of carbonyl (C=O) groups excluding carboxylic acids is 1. The molecule has 7 heteroatoms. The molecule has 0 fully saturated rings. The van der Waals surface area contributed by atoms with E-state index in [1.807, 2.05) is 30.3 Å². The first-order valence-electron chi connectivity index (χ1n) is 6.98. The molecule has 2 aromatic heterocycles. The Hall–Kier alpha value is -3.09. The van der Waals surface area contributed by atoms with Crippen LogP contribution in [0.2, 0.25) is 0 Å². The molecular weight excluding hydrogens is 296 g/mol. The predicted octanol–water partition coefficient (Wildman–Crippen LogP) is 2.42. The molecule has 0 bridgehead atoms. The van der Waals surface area contributed by atoms with Crippen LogP contribution >= 0.6 is 0 Å². The van der Waals surface area contributed by atoms with Crippen molar-refractivity contribution in [2.45, 2.75) is 20.0 Å². The maximum atomic E-state index is 12.3. The Morgan fingerprint density at radius 2 is 1.91 bits per heavy atom. The third-order valence-electron chi connectivity index (χ3n) is 3.08. The number of ether oxygens (including phenoxy) is 1. The fraction of sp³-hybridized carbons (Fsp3) is 0.188. The molecule has 0 unspecified atom stereocenters. The summed E-state index contributed by atoms with van der Waals surface area (Å²) in [6.45, 7) is 3.48. The number of hydrogen-bond donors (Lipinski definition) is 0. The van der Waals surface area contributed by atoms with Crippen molar-refractivity contribution in [1.82, 2.24) is 20.1 Å². The van der Waals surface area contributed by atoms with Crippen molar-refractivity contribution in [1.29, 1.82) is 0 Å². The molecule has 116 valence electrons. The first kappa shape index (κ1) is 14.8. The van der Waals surface area contributed by atoms with Crippen LogP contribution in [0.15, 0.2) is 47.2 Å². The standard InChI is InChI=1S/C16H14N4O3/c1-10-8-18-13(9-17-10)16(21)22-14(12-6-4-3-5-7-12)15-19-11(2)20-23-15/h3-9,14H,1-2H3/t14-/m0/s1. The Balaban J connectivity index is 1.90. The molecule has 1 aromatic carbocycles. The average Bonchev–Trinajstić information content (AvgIpc) is 3.00. The van der Waals surface area contributed by atoms with Gasteiger partial charge in [0.05, 0.1) is 11.9 Å². The number of aromatic nitrogens is 4. The van der Waals surface area contributed by atoms with Crippen molar-refractivity contribution in [3.8, 4) is 0 Å². The van der Waals surface area contributed by atoms with Crippen LogP contribution in [0.1, 0.15) is 39.6 Å². The van der Waals surface area contributed by atoms with E-state index in [1.54, 1.807) is 13.8 Å². The Bertz CT molecular complexity index is 800. The minimum atomic E-state index is -0.798. The van der Waals surface area contributed by atoms with Gasteiger partial charge in [-0.3, -0.25) is 4.98 Å². The van der Waals surface area contributed by atoms with Gasteiger partial charge in [-0.1, -0.05) is 35.5 Å². The van der Waals surface area contributed by atoms with Gasteiger partial charge in [-0.15, -0.1) is 0 Å². The lowest BCUT2D eigenvalue weighted by Gasteiger charge is -2.14. The van der Waals surface area contributed by atoms with E-state index in [4.69, 9.17) is 9.26 Å². The summed E-state index contributed by atoms with van der Waals surface area (Å²) in [4.78, 5) is 24.5. The summed E-state index contributed by atoms with van der Waals surface area (Å²) in [5.41, 5.74) is 1.56. The number of esters is 1. The molecular formula is C16H14N4O3. The summed E-state index contributed by atoms with van der Waals surface area (Å²) in [6, 6.07) is 9.18. The van der Waals surface area contributed by atoms with Gasteiger partial charge in [-0.05, 0) is 13.8 Å². The van der Waals surface area contributed by atoms with Crippen molar-refractivity contribution in [2.24, 2.45) is 0 Å². The molecule has 0 spiro atoms. The van der Waals surface area contributed by atoms with E-state index in [9.17, 15) is 4.79 Å². The van der Waals surface area contributed by atoms with Crippen LogP contribution in [-0.4, -0.2) is 26.1 Å². The van der Waals surface area contributed by atoms with Gasteiger partial charge in [0, 0.05) is 11.8 Å². The first-order valence-corrected chi connectivity index (χ1v) is 6.98. The van der Waals surface area contributed by atoms with Gasteiger partial charge in [0.25, 0.3) is 5.89 Å². The fourth-order valence-electron chi connectivity index (χ4n) is 1.97. The van der Waals surface area contributed by atoms with Crippen molar-refractivity contribution in [3.63, 3.8) is 0 Å². The van der Waals surface area contributed by atoms with Gasteiger partial charge in [-0.2, -0.15) is 4.98 Å². The zero-order valence-electron chi connectivity index (χ0n) is 12.6. The van der Waals surface area contributed by atoms with Crippen molar-refractivity contribution < 1.29 is 14.1 Å². The number of carbonyl (C=O) groups is 1. The molecule has 0 aliphatic carbocycles. The summed E-state index contributed by atoms with van der Waals surface area (Å²) in [7, 11) is 0. The molecule has 0 N–H and O–H groups in total. The van der Waals surface area contributed by atoms with Crippen LogP contribution < -0.4 is 0 Å². The second kappa shape index (κ2) is 6.35. The Morgan fingerprint density at radius 1 is 1.13 bits per heavy atom. The number of aryl methyl sites for hydroxylation is 2. The van der Waals surface area contributed by atoms with E-state index in [0.717, 1.165) is 5.56 Å². The fourth-order valence-corrected chi connectivity index (χ4v) is 1.97. The molecule has 0 radical (unpaired) electrons. The van der Waals surface area contributed by atoms with Crippen LogP contribution in [0.5, 0.6) is 0 Å². The van der Waals surface area contributed by atoms with Gasteiger partial charge < -0.3 is 9.26 Å². The predicted molar refractivity (Wildman–Crippen MR) is 79.5 cm³/mol. The lowest BCUT2D eigenvalue weighted by atomic mass is 10.1. The number of hydrogen-bond acceptors (Lipinski definition) is 7. The molecule has 0 saturated carbocycles. The van der Waals surface area contributed by atoms with E-state index in [0.29, 0.717) is 11.5 Å². The summed E-state index contributed by atoms with van der Waals surface area (Å²) in [6.07, 6.45) is 2.08. The van der Waals surface area contributed by atoms with E-state index in [-0.39, 0.29) is 11.6 Å².